The Morgan fingerprint density at radius 3 is 2.71 bits per heavy atom. The highest BCUT2D eigenvalue weighted by molar-refractivity contribution is 7.97. The van der Waals surface area contributed by atoms with Crippen molar-refractivity contribution in [2.24, 2.45) is 5.73 Å². The van der Waals surface area contributed by atoms with E-state index < -0.39 is 0 Å². The molecule has 1 heterocycles. The van der Waals surface area contributed by atoms with Crippen LogP contribution in [0.4, 0.5) is 0 Å². The fourth-order valence-electron chi connectivity index (χ4n) is 2.11. The van der Waals surface area contributed by atoms with E-state index in [2.05, 4.69) is 28.4 Å². The van der Waals surface area contributed by atoms with Crippen LogP contribution in [0.1, 0.15) is 20.3 Å². The molecule has 0 aromatic heterocycles. The zero-order valence-corrected chi connectivity index (χ0v) is 12.3. The van der Waals surface area contributed by atoms with E-state index in [1.54, 1.807) is 0 Å². The summed E-state index contributed by atoms with van der Waals surface area (Å²) >= 11 is 1.98. The first-order valence-corrected chi connectivity index (χ1v) is 7.62. The molecule has 102 valence electrons. The molecule has 5 heteroatoms. The summed E-state index contributed by atoms with van der Waals surface area (Å²) in [5.74, 6) is 1.20. The standard InChI is InChI=1S/C12H28N4S/c1-11(14-3)12(2)15-7-8-16(6-4-5-13)17-10-9-15/h11-12,14H,4-10,13H2,1-3H3. The van der Waals surface area contributed by atoms with Crippen LogP contribution in [-0.2, 0) is 0 Å². The minimum absolute atomic E-state index is 0.551. The first kappa shape index (κ1) is 15.2. The lowest BCUT2D eigenvalue weighted by Gasteiger charge is -2.31. The number of hydrogen-bond donors (Lipinski definition) is 2. The summed E-state index contributed by atoms with van der Waals surface area (Å²) < 4.78 is 2.48. The number of hydrogen-bond acceptors (Lipinski definition) is 5. The van der Waals surface area contributed by atoms with E-state index in [1.807, 2.05) is 19.0 Å². The molecule has 0 aromatic rings. The SMILES string of the molecule is CNC(C)C(C)N1CCSN(CCCN)CC1. The molecule has 0 aromatic carbocycles. The van der Waals surface area contributed by atoms with Gasteiger partial charge < -0.3 is 11.1 Å². The molecule has 1 aliphatic rings. The lowest BCUT2D eigenvalue weighted by Crippen LogP contribution is -2.47. The predicted octanol–water partition coefficient (Wildman–Crippen LogP) is 0.597. The molecule has 4 nitrogen and oxygen atoms in total. The van der Waals surface area contributed by atoms with Crippen molar-refractivity contribution in [3.05, 3.63) is 0 Å². The van der Waals surface area contributed by atoms with Crippen molar-refractivity contribution in [2.75, 3.05) is 45.5 Å². The molecule has 0 spiro atoms. The van der Waals surface area contributed by atoms with Gasteiger partial charge in [0.25, 0.3) is 0 Å². The highest BCUT2D eigenvalue weighted by atomic mass is 32.2. The predicted molar refractivity (Wildman–Crippen MR) is 77.3 cm³/mol. The zero-order chi connectivity index (χ0) is 12.7. The third-order valence-corrected chi connectivity index (χ3v) is 4.75. The Morgan fingerprint density at radius 1 is 1.29 bits per heavy atom. The summed E-state index contributed by atoms with van der Waals surface area (Å²) in [6.07, 6.45) is 1.11. The van der Waals surface area contributed by atoms with Crippen LogP contribution in [-0.4, -0.2) is 66.8 Å². The van der Waals surface area contributed by atoms with Gasteiger partial charge in [-0.15, -0.1) is 0 Å². The number of nitrogens with zero attached hydrogens (tertiary/aromatic N) is 2. The summed E-state index contributed by atoms with van der Waals surface area (Å²) in [7, 11) is 2.04. The quantitative estimate of drug-likeness (QED) is 0.685. The molecule has 0 saturated carbocycles. The molecule has 2 unspecified atom stereocenters. The van der Waals surface area contributed by atoms with Crippen molar-refractivity contribution < 1.29 is 0 Å². The molecule has 0 amide bonds. The first-order valence-electron chi connectivity index (χ1n) is 6.68. The fraction of sp³-hybridized carbons (Fsp3) is 1.00. The summed E-state index contributed by atoms with van der Waals surface area (Å²) in [6.45, 7) is 10.0. The summed E-state index contributed by atoms with van der Waals surface area (Å²) in [5.41, 5.74) is 5.56. The Labute approximate surface area is 110 Å². The summed E-state index contributed by atoms with van der Waals surface area (Å²) in [5, 5.41) is 3.35. The van der Waals surface area contributed by atoms with Crippen molar-refractivity contribution in [3.8, 4) is 0 Å². The largest absolute Gasteiger partial charge is 0.330 e. The second-order valence-corrected chi connectivity index (χ2v) is 5.94. The monoisotopic (exact) mass is 260 g/mol. The molecule has 0 bridgehead atoms. The zero-order valence-electron chi connectivity index (χ0n) is 11.5. The highest BCUT2D eigenvalue weighted by Gasteiger charge is 2.22. The minimum atomic E-state index is 0.551. The maximum absolute atomic E-state index is 5.56. The van der Waals surface area contributed by atoms with Gasteiger partial charge in [0, 0.05) is 44.0 Å². The van der Waals surface area contributed by atoms with Gasteiger partial charge in [0.15, 0.2) is 0 Å². The Kier molecular flexibility index (Phi) is 7.46. The number of likely N-dealkylation sites (N-methyl/N-ethyl adjacent to an activating group) is 1. The molecule has 1 rings (SSSR count). The van der Waals surface area contributed by atoms with Gasteiger partial charge in [-0.05, 0) is 33.9 Å². The van der Waals surface area contributed by atoms with Gasteiger partial charge in [-0.2, -0.15) is 0 Å². The third-order valence-electron chi connectivity index (χ3n) is 3.66. The van der Waals surface area contributed by atoms with Crippen LogP contribution in [0.3, 0.4) is 0 Å². The molecule has 17 heavy (non-hydrogen) atoms. The van der Waals surface area contributed by atoms with E-state index >= 15 is 0 Å². The fourth-order valence-corrected chi connectivity index (χ4v) is 3.16. The van der Waals surface area contributed by atoms with Gasteiger partial charge in [0.2, 0.25) is 0 Å². The molecule has 3 N–H and O–H groups in total. The summed E-state index contributed by atoms with van der Waals surface area (Å²) in [6, 6.07) is 1.16. The van der Waals surface area contributed by atoms with Crippen LogP contribution in [0, 0.1) is 0 Å². The van der Waals surface area contributed by atoms with Crippen LogP contribution in [0.2, 0.25) is 0 Å². The van der Waals surface area contributed by atoms with Crippen LogP contribution in [0.25, 0.3) is 0 Å². The maximum atomic E-state index is 5.56. The van der Waals surface area contributed by atoms with Crippen LogP contribution < -0.4 is 11.1 Å². The van der Waals surface area contributed by atoms with Crippen molar-refractivity contribution in [2.45, 2.75) is 32.4 Å². The van der Waals surface area contributed by atoms with Crippen molar-refractivity contribution in [3.63, 3.8) is 0 Å². The molecule has 1 fully saturated rings. The Morgan fingerprint density at radius 2 is 2.06 bits per heavy atom. The van der Waals surface area contributed by atoms with Crippen LogP contribution in [0.5, 0.6) is 0 Å². The third kappa shape index (κ3) is 5.14. The van der Waals surface area contributed by atoms with Gasteiger partial charge in [-0.1, -0.05) is 11.9 Å². The Bertz CT molecular complexity index is 203. The smallest absolute Gasteiger partial charge is 0.0219 e. The lowest BCUT2D eigenvalue weighted by molar-refractivity contribution is 0.185. The molecule has 2 atom stereocenters. The van der Waals surface area contributed by atoms with E-state index in [1.165, 1.54) is 18.8 Å². The molecule has 0 aliphatic carbocycles. The van der Waals surface area contributed by atoms with Crippen molar-refractivity contribution in [1.29, 1.82) is 0 Å². The van der Waals surface area contributed by atoms with Gasteiger partial charge in [0.05, 0.1) is 0 Å². The second-order valence-electron chi connectivity index (χ2n) is 4.76. The Hall–Kier alpha value is 0.190. The molecular weight excluding hydrogens is 232 g/mol. The molecular formula is C12H28N4S. The van der Waals surface area contributed by atoms with Crippen molar-refractivity contribution in [1.82, 2.24) is 14.5 Å². The number of rotatable bonds is 6. The molecule has 1 aliphatic heterocycles. The van der Waals surface area contributed by atoms with E-state index in [0.29, 0.717) is 12.1 Å². The summed E-state index contributed by atoms with van der Waals surface area (Å²) in [4.78, 5) is 2.59. The topological polar surface area (TPSA) is 44.5 Å². The van der Waals surface area contributed by atoms with E-state index in [4.69, 9.17) is 5.73 Å². The van der Waals surface area contributed by atoms with E-state index in [0.717, 1.165) is 26.1 Å². The molecule has 0 radical (unpaired) electrons. The first-order chi connectivity index (χ1) is 8.19. The van der Waals surface area contributed by atoms with Gasteiger partial charge in [0.1, 0.15) is 0 Å². The normalized spacial score (nSPS) is 23.3. The van der Waals surface area contributed by atoms with Gasteiger partial charge in [-0.25, -0.2) is 4.31 Å². The average molecular weight is 260 g/mol. The second kappa shape index (κ2) is 8.32. The van der Waals surface area contributed by atoms with Crippen LogP contribution >= 0.6 is 11.9 Å². The van der Waals surface area contributed by atoms with Gasteiger partial charge in [-0.3, -0.25) is 4.90 Å². The van der Waals surface area contributed by atoms with E-state index in [9.17, 15) is 0 Å². The maximum Gasteiger partial charge on any atom is 0.0219 e. The average Bonchev–Trinajstić information content (AvgIpc) is 2.59. The highest BCUT2D eigenvalue weighted by Crippen LogP contribution is 2.16. The lowest BCUT2D eigenvalue weighted by atomic mass is 10.1. The number of nitrogens with one attached hydrogen (secondary N) is 1. The minimum Gasteiger partial charge on any atom is -0.330 e. The number of nitrogens with two attached hydrogens (primary N) is 1. The van der Waals surface area contributed by atoms with Gasteiger partial charge >= 0.3 is 0 Å². The molecule has 1 saturated heterocycles. The Balaban J connectivity index is 2.36. The van der Waals surface area contributed by atoms with Crippen LogP contribution in [0.15, 0.2) is 0 Å². The van der Waals surface area contributed by atoms with E-state index in [-0.39, 0.29) is 0 Å². The van der Waals surface area contributed by atoms with Crippen molar-refractivity contribution >= 4 is 11.9 Å².